The maximum absolute atomic E-state index is 13.1. The van der Waals surface area contributed by atoms with Crippen LogP contribution in [0.1, 0.15) is 205 Å². The summed E-state index contributed by atoms with van der Waals surface area (Å²) in [6, 6.07) is 31.5. The van der Waals surface area contributed by atoms with Gasteiger partial charge in [0.2, 0.25) is 0 Å². The van der Waals surface area contributed by atoms with Gasteiger partial charge in [0.25, 0.3) is 0 Å². The minimum Gasteiger partial charge on any atom is -0.461 e. The van der Waals surface area contributed by atoms with Crippen molar-refractivity contribution >= 4 is 30.3 Å². The standard InChI is InChI=1S/C39H48N6O6.C37H46N6O5/c1-8-49-35(46)32-31(42-34(43-32)30-12-10-22-45(30)37(48)51-39(5,6)7)27-19-15-25(16-20-27)24-13-17-26(18-14-24)28-23-40-33(41-28)29-11-9-21-44(29)36(47)50-38(2,3)4;1-36(2,3)47-34(45)42-19-7-9-29(42)32-38-21-27(39-32)25-15-11-23(12-16-25)24-13-17-26(18-14-24)31-28(22-44)40-33(41-31)30-10-8-20-43(30)35(46)48-37(4,5)6/h13-20,23,29-30H,8-12,21-22H2,1-7H3,(H,40,41)(H,42,43);11-18,21,29-30,44H,7-10,19-20,22H2,1-6H3,(H,38,39)(H,40,41)/t2*29-,30-/m00/s1. The van der Waals surface area contributed by atoms with Crippen molar-refractivity contribution in [2.45, 2.75) is 195 Å². The highest BCUT2D eigenvalue weighted by Crippen LogP contribution is 2.40. The number of aliphatic hydroxyl groups excluding tert-OH is 1. The summed E-state index contributed by atoms with van der Waals surface area (Å²) in [5.74, 6) is 2.21. The van der Waals surface area contributed by atoms with Gasteiger partial charge in [-0.15, -0.1) is 0 Å². The number of nitrogens with zero attached hydrogens (tertiary/aromatic N) is 8. The molecule has 4 aromatic carbocycles. The lowest BCUT2D eigenvalue weighted by atomic mass is 10.0. The van der Waals surface area contributed by atoms with Crippen LogP contribution in [-0.2, 0) is 30.3 Å². The molecule has 23 heteroatoms. The Morgan fingerprint density at radius 2 is 0.707 bits per heavy atom. The van der Waals surface area contributed by atoms with Crippen molar-refractivity contribution in [2.24, 2.45) is 0 Å². The number of hydrogen-bond acceptors (Lipinski definition) is 15. The van der Waals surface area contributed by atoms with E-state index in [1.54, 1.807) is 26.5 Å². The fourth-order valence-corrected chi connectivity index (χ4v) is 13.0. The number of hydrogen-bond donors (Lipinski definition) is 5. The Bertz CT molecular complexity index is 4140. The minimum absolute atomic E-state index is 0.134. The maximum atomic E-state index is 13.1. The molecule has 0 aliphatic carbocycles. The number of H-pyrrole nitrogens is 4. The van der Waals surface area contributed by atoms with Crippen molar-refractivity contribution in [3.05, 3.63) is 144 Å². The van der Waals surface area contributed by atoms with Crippen LogP contribution in [0.15, 0.2) is 109 Å². The molecule has 8 heterocycles. The maximum Gasteiger partial charge on any atom is 0.410 e. The molecule has 4 atom stereocenters. The van der Waals surface area contributed by atoms with Crippen molar-refractivity contribution in [3.63, 3.8) is 0 Å². The monoisotopic (exact) mass is 1350 g/mol. The predicted molar refractivity (Wildman–Crippen MR) is 376 cm³/mol. The number of aliphatic hydroxyl groups is 1. The van der Waals surface area contributed by atoms with Gasteiger partial charge in [0.05, 0.1) is 72.6 Å². The Balaban J connectivity index is 0.000000200. The van der Waals surface area contributed by atoms with E-state index in [-0.39, 0.29) is 61.4 Å². The Morgan fingerprint density at radius 3 is 1.03 bits per heavy atom. The van der Waals surface area contributed by atoms with E-state index in [0.29, 0.717) is 61.3 Å². The number of amides is 4. The lowest BCUT2D eigenvalue weighted by Crippen LogP contribution is -2.36. The molecule has 8 aromatic rings. The summed E-state index contributed by atoms with van der Waals surface area (Å²) in [6.45, 7) is 26.6. The summed E-state index contributed by atoms with van der Waals surface area (Å²) in [5, 5.41) is 10.2. The third kappa shape index (κ3) is 16.9. The molecule has 4 amide bonds. The van der Waals surface area contributed by atoms with Crippen molar-refractivity contribution in [2.75, 3.05) is 32.8 Å². The van der Waals surface area contributed by atoms with Gasteiger partial charge in [0, 0.05) is 37.3 Å². The number of esters is 1. The number of aromatic amines is 4. The first-order valence-corrected chi connectivity index (χ1v) is 34.5. The number of benzene rings is 4. The number of imidazole rings is 4. The first-order chi connectivity index (χ1) is 47.0. The Hall–Kier alpha value is -9.77. The number of nitrogens with one attached hydrogen (secondary N) is 4. The minimum atomic E-state index is -0.624. The third-order valence-electron chi connectivity index (χ3n) is 17.5. The molecule has 0 unspecified atom stereocenters. The summed E-state index contributed by atoms with van der Waals surface area (Å²) in [5.41, 5.74) is 9.19. The van der Waals surface area contributed by atoms with Crippen molar-refractivity contribution < 1.29 is 52.8 Å². The number of carbonyl (C=O) groups is 5. The van der Waals surface area contributed by atoms with E-state index in [4.69, 9.17) is 33.7 Å². The SMILES string of the molecule is CC(C)(C)OC(=O)N1CCC[C@H]1c1ncc(-c2ccc(-c3ccc(-c4nc([C@@H]5CCCN5C(=O)OC(C)(C)C)[nH]c4CO)cc3)cc2)[nH]1.CCOC(=O)c1[nH]c([C@@H]2CCCN2C(=O)OC(C)(C)C)nc1-c1ccc(-c2ccc(-c3cnc([C@@H]4CCCN4C(=O)OC(C)(C)C)[nH]3)cc2)cc1. The zero-order valence-electron chi connectivity index (χ0n) is 59.2. The second kappa shape index (κ2) is 29.0. The summed E-state index contributed by atoms with van der Waals surface area (Å²) in [4.78, 5) is 104. The number of aromatic nitrogens is 8. The molecule has 12 rings (SSSR count). The summed E-state index contributed by atoms with van der Waals surface area (Å²) >= 11 is 0. The van der Waals surface area contributed by atoms with Crippen molar-refractivity contribution in [3.8, 4) is 67.3 Å². The number of carbonyl (C=O) groups excluding carboxylic acids is 5. The third-order valence-corrected chi connectivity index (χ3v) is 17.5. The van der Waals surface area contributed by atoms with E-state index in [1.807, 2.05) is 156 Å². The van der Waals surface area contributed by atoms with Crippen LogP contribution in [0.2, 0.25) is 0 Å². The number of rotatable bonds is 13. The zero-order valence-corrected chi connectivity index (χ0v) is 59.2. The molecular weight excluding hydrogens is 1260 g/mol. The van der Waals surface area contributed by atoms with Gasteiger partial charge in [-0.3, -0.25) is 19.6 Å². The lowest BCUT2D eigenvalue weighted by Gasteiger charge is -2.27. The summed E-state index contributed by atoms with van der Waals surface area (Å²) in [6.07, 6.45) is 8.85. The summed E-state index contributed by atoms with van der Waals surface area (Å²) in [7, 11) is 0. The van der Waals surface area contributed by atoms with E-state index >= 15 is 0 Å². The van der Waals surface area contributed by atoms with Gasteiger partial charge in [-0.2, -0.15) is 0 Å². The molecule has 0 bridgehead atoms. The van der Waals surface area contributed by atoms with Crippen molar-refractivity contribution in [1.82, 2.24) is 59.5 Å². The van der Waals surface area contributed by atoms with Gasteiger partial charge in [-0.1, -0.05) is 97.1 Å². The van der Waals surface area contributed by atoms with Crippen LogP contribution in [0.3, 0.4) is 0 Å². The van der Waals surface area contributed by atoms with E-state index in [9.17, 15) is 29.1 Å². The molecular formula is C76H94N12O11. The van der Waals surface area contributed by atoms with Crippen LogP contribution in [0.4, 0.5) is 19.2 Å². The second-order valence-corrected chi connectivity index (χ2v) is 29.7. The largest absolute Gasteiger partial charge is 0.461 e. The zero-order chi connectivity index (χ0) is 70.7. The van der Waals surface area contributed by atoms with Gasteiger partial charge in [0.15, 0.2) is 5.69 Å². The van der Waals surface area contributed by atoms with E-state index < -0.39 is 34.5 Å². The van der Waals surface area contributed by atoms with Gasteiger partial charge < -0.3 is 48.7 Å². The molecule has 4 aliphatic rings. The molecule has 0 saturated carbocycles. The van der Waals surface area contributed by atoms with Crippen LogP contribution >= 0.6 is 0 Å². The van der Waals surface area contributed by atoms with E-state index in [2.05, 4.69) is 66.3 Å². The highest BCUT2D eigenvalue weighted by molar-refractivity contribution is 5.94. The Morgan fingerprint density at radius 1 is 0.414 bits per heavy atom. The number of ether oxygens (including phenoxy) is 5. The fraction of sp³-hybridized carbons (Fsp3) is 0.461. The molecule has 4 aliphatic heterocycles. The second-order valence-electron chi connectivity index (χ2n) is 29.7. The molecule has 0 spiro atoms. The first kappa shape index (κ1) is 70.5. The molecule has 5 N–H and O–H groups in total. The highest BCUT2D eigenvalue weighted by atomic mass is 16.6. The quantitative estimate of drug-likeness (QED) is 0.0530. The van der Waals surface area contributed by atoms with Crippen LogP contribution in [0.5, 0.6) is 0 Å². The van der Waals surface area contributed by atoms with Crippen molar-refractivity contribution in [1.29, 1.82) is 0 Å². The van der Waals surface area contributed by atoms with Crippen LogP contribution in [-0.4, -0.2) is 150 Å². The van der Waals surface area contributed by atoms with Crippen LogP contribution < -0.4 is 0 Å². The fourth-order valence-electron chi connectivity index (χ4n) is 13.0. The molecule has 23 nitrogen and oxygen atoms in total. The average molecular weight is 1350 g/mol. The topological polar surface area (TPSA) is 279 Å². The first-order valence-electron chi connectivity index (χ1n) is 34.5. The molecule has 524 valence electrons. The number of likely N-dealkylation sites (tertiary alicyclic amines) is 4. The van der Waals surface area contributed by atoms with Crippen LogP contribution in [0, 0.1) is 0 Å². The van der Waals surface area contributed by atoms with Gasteiger partial charge in [-0.25, -0.2) is 43.9 Å². The molecule has 0 radical (unpaired) electrons. The van der Waals surface area contributed by atoms with E-state index in [0.717, 1.165) is 112 Å². The smallest absolute Gasteiger partial charge is 0.410 e. The molecule has 4 fully saturated rings. The van der Waals surface area contributed by atoms with Crippen LogP contribution in [0.25, 0.3) is 67.3 Å². The lowest BCUT2D eigenvalue weighted by molar-refractivity contribution is 0.0208. The molecule has 4 saturated heterocycles. The molecule has 4 aromatic heterocycles. The van der Waals surface area contributed by atoms with Gasteiger partial charge >= 0.3 is 30.3 Å². The highest BCUT2D eigenvalue weighted by Gasteiger charge is 2.40. The molecule has 99 heavy (non-hydrogen) atoms. The average Bonchev–Trinajstić information content (AvgIpc) is 1.69. The van der Waals surface area contributed by atoms with Gasteiger partial charge in [-0.05, 0) is 175 Å². The van der Waals surface area contributed by atoms with Gasteiger partial charge in [0.1, 0.15) is 51.4 Å². The summed E-state index contributed by atoms with van der Waals surface area (Å²) < 4.78 is 27.9. The normalized spacial score (nSPS) is 18.1. The Labute approximate surface area is 578 Å². The predicted octanol–water partition coefficient (Wildman–Crippen LogP) is 16.2. The van der Waals surface area contributed by atoms with E-state index in [1.165, 1.54) is 0 Å². The Kier molecular flexibility index (Phi) is 20.6.